The lowest BCUT2D eigenvalue weighted by atomic mass is 10.1. The number of sulfonamides is 1. The summed E-state index contributed by atoms with van der Waals surface area (Å²) in [6.07, 6.45) is -3.14. The molecule has 1 heterocycles. The summed E-state index contributed by atoms with van der Waals surface area (Å²) in [6, 6.07) is 4.98. The van der Waals surface area contributed by atoms with Crippen LogP contribution in [0.5, 0.6) is 0 Å². The van der Waals surface area contributed by atoms with E-state index < -0.39 is 68.2 Å². The van der Waals surface area contributed by atoms with Crippen molar-refractivity contribution in [3.8, 4) is 0 Å². The van der Waals surface area contributed by atoms with Crippen molar-refractivity contribution in [2.24, 2.45) is 0 Å². The number of anilines is 2. The van der Waals surface area contributed by atoms with Gasteiger partial charge in [-0.05, 0) is 44.5 Å². The van der Waals surface area contributed by atoms with Crippen LogP contribution in [0.1, 0.15) is 31.9 Å². The zero-order valence-corrected chi connectivity index (χ0v) is 23.3. The molecule has 1 aromatic heterocycles. The Balaban J connectivity index is 2.10. The SMILES string of the molecule is CC(C)(C)OC(=O)N(c1cscn1)S(=O)(=O)c1c(F)cc(N(Cc2c(F)cccc2CBr)C(=O)O)cc1F. The number of carbonyl (C=O) groups excluding carboxylic acids is 1. The van der Waals surface area contributed by atoms with Crippen molar-refractivity contribution in [3.05, 3.63) is 69.8 Å². The first-order chi connectivity index (χ1) is 17.7. The van der Waals surface area contributed by atoms with Gasteiger partial charge < -0.3 is 9.84 Å². The van der Waals surface area contributed by atoms with Gasteiger partial charge in [0, 0.05) is 16.3 Å². The number of benzene rings is 2. The molecule has 9 nitrogen and oxygen atoms in total. The van der Waals surface area contributed by atoms with E-state index in [2.05, 4.69) is 20.9 Å². The summed E-state index contributed by atoms with van der Waals surface area (Å²) in [6.45, 7) is 3.76. The second-order valence-corrected chi connectivity index (χ2v) is 11.7. The van der Waals surface area contributed by atoms with Crippen LogP contribution < -0.4 is 9.21 Å². The van der Waals surface area contributed by atoms with Crippen LogP contribution in [0.3, 0.4) is 0 Å². The summed E-state index contributed by atoms with van der Waals surface area (Å²) in [7, 11) is -5.28. The van der Waals surface area contributed by atoms with E-state index in [0.717, 1.165) is 22.8 Å². The van der Waals surface area contributed by atoms with Gasteiger partial charge in [-0.3, -0.25) is 4.90 Å². The van der Waals surface area contributed by atoms with Gasteiger partial charge in [-0.1, -0.05) is 28.1 Å². The third-order valence-corrected chi connectivity index (χ3v) is 7.79. The van der Waals surface area contributed by atoms with Gasteiger partial charge >= 0.3 is 12.2 Å². The van der Waals surface area contributed by atoms with Crippen LogP contribution in [-0.4, -0.2) is 36.3 Å². The predicted molar refractivity (Wildman–Crippen MR) is 138 cm³/mol. The highest BCUT2D eigenvalue weighted by Crippen LogP contribution is 2.33. The Morgan fingerprint density at radius 1 is 1.13 bits per heavy atom. The van der Waals surface area contributed by atoms with Gasteiger partial charge in [0.15, 0.2) is 10.7 Å². The molecule has 0 aliphatic carbocycles. The second-order valence-electron chi connectivity index (χ2n) is 8.71. The normalized spacial score (nSPS) is 11.8. The summed E-state index contributed by atoms with van der Waals surface area (Å²) >= 11 is 4.09. The van der Waals surface area contributed by atoms with E-state index in [1.165, 1.54) is 38.4 Å². The maximum Gasteiger partial charge on any atom is 0.430 e. The van der Waals surface area contributed by atoms with E-state index in [1.54, 1.807) is 0 Å². The number of ether oxygens (including phenoxy) is 1. The van der Waals surface area contributed by atoms with E-state index in [9.17, 15) is 27.5 Å². The molecule has 0 spiro atoms. The van der Waals surface area contributed by atoms with Crippen molar-refractivity contribution in [1.82, 2.24) is 4.98 Å². The number of hydrogen-bond acceptors (Lipinski definition) is 7. The minimum atomic E-state index is -5.28. The Morgan fingerprint density at radius 2 is 1.76 bits per heavy atom. The summed E-state index contributed by atoms with van der Waals surface area (Å²) in [4.78, 5) is 27.4. The monoisotopic (exact) mass is 635 g/mol. The molecule has 204 valence electrons. The van der Waals surface area contributed by atoms with Crippen molar-refractivity contribution < 1.29 is 41.0 Å². The largest absolute Gasteiger partial charge is 0.465 e. The number of thiazole rings is 1. The number of carboxylic acid groups (broad SMARTS) is 1. The van der Waals surface area contributed by atoms with Crippen LogP contribution in [0, 0.1) is 17.5 Å². The molecule has 3 aromatic rings. The zero-order chi connectivity index (χ0) is 28.4. The zero-order valence-electron chi connectivity index (χ0n) is 20.1. The molecule has 0 saturated carbocycles. The van der Waals surface area contributed by atoms with Crippen molar-refractivity contribution >= 4 is 61.0 Å². The molecule has 0 unspecified atom stereocenters. The molecule has 0 aliphatic heterocycles. The number of rotatable bonds is 7. The van der Waals surface area contributed by atoms with Crippen LogP contribution in [0.2, 0.25) is 0 Å². The quantitative estimate of drug-likeness (QED) is 0.304. The fourth-order valence-electron chi connectivity index (χ4n) is 3.30. The first-order valence-corrected chi connectivity index (χ1v) is 14.2. The molecule has 0 atom stereocenters. The Morgan fingerprint density at radius 3 is 2.26 bits per heavy atom. The van der Waals surface area contributed by atoms with Crippen LogP contribution >= 0.6 is 27.3 Å². The topological polar surface area (TPSA) is 117 Å². The minimum Gasteiger partial charge on any atom is -0.465 e. The molecular formula is C23H21BrF3N3O6S2. The van der Waals surface area contributed by atoms with Gasteiger partial charge in [0.1, 0.15) is 23.1 Å². The van der Waals surface area contributed by atoms with Crippen molar-refractivity contribution in [3.63, 3.8) is 0 Å². The third-order valence-electron chi connectivity index (χ3n) is 4.89. The highest BCUT2D eigenvalue weighted by Gasteiger charge is 2.40. The highest BCUT2D eigenvalue weighted by molar-refractivity contribution is 9.08. The number of nitrogens with zero attached hydrogens (tertiary/aromatic N) is 3. The fraction of sp³-hybridized carbons (Fsp3) is 0.261. The molecule has 0 aliphatic rings. The fourth-order valence-corrected chi connectivity index (χ4v) is 5.78. The molecule has 0 fully saturated rings. The van der Waals surface area contributed by atoms with Crippen molar-refractivity contribution in [1.29, 1.82) is 0 Å². The van der Waals surface area contributed by atoms with E-state index in [0.29, 0.717) is 22.6 Å². The van der Waals surface area contributed by atoms with E-state index in [4.69, 9.17) is 4.74 Å². The standard InChI is InChI=1S/C23H21BrF3N3O6S2/c1-23(2,3)36-22(33)30(19-11-37-12-28-19)38(34,35)20-17(26)7-14(8-18(20)27)29(21(31)32)10-15-13(9-24)5-4-6-16(15)25/h4-8,11-12H,9-10H2,1-3H3,(H,31,32). The number of aromatic nitrogens is 1. The van der Waals surface area contributed by atoms with Gasteiger partial charge in [0.2, 0.25) is 0 Å². The molecule has 0 saturated heterocycles. The van der Waals surface area contributed by atoms with Crippen LogP contribution in [-0.2, 0) is 26.6 Å². The Hall–Kier alpha value is -3.17. The van der Waals surface area contributed by atoms with Gasteiger partial charge in [-0.25, -0.2) is 36.2 Å². The smallest absolute Gasteiger partial charge is 0.430 e. The van der Waals surface area contributed by atoms with Gasteiger partial charge in [-0.15, -0.1) is 15.6 Å². The molecule has 0 radical (unpaired) electrons. The molecule has 3 rings (SSSR count). The third kappa shape index (κ3) is 6.27. The number of hydrogen-bond donors (Lipinski definition) is 1. The second kappa shape index (κ2) is 11.3. The van der Waals surface area contributed by atoms with E-state index >= 15 is 8.78 Å². The van der Waals surface area contributed by atoms with Crippen LogP contribution in [0.25, 0.3) is 0 Å². The first kappa shape index (κ1) is 29.4. The Labute approximate surface area is 228 Å². The predicted octanol–water partition coefficient (Wildman–Crippen LogP) is 6.27. The van der Waals surface area contributed by atoms with Crippen molar-refractivity contribution in [2.75, 3.05) is 9.21 Å². The number of halogens is 4. The molecule has 15 heteroatoms. The Kier molecular flexibility index (Phi) is 8.73. The van der Waals surface area contributed by atoms with Crippen LogP contribution in [0.15, 0.2) is 46.1 Å². The lowest BCUT2D eigenvalue weighted by Crippen LogP contribution is -2.42. The molecule has 2 amide bonds. The molecule has 1 N–H and O–H groups in total. The molecule has 0 bridgehead atoms. The number of alkyl halides is 1. The van der Waals surface area contributed by atoms with E-state index in [1.807, 2.05) is 0 Å². The summed E-state index contributed by atoms with van der Waals surface area (Å²) in [5.74, 6) is -4.58. The lowest BCUT2D eigenvalue weighted by molar-refractivity contribution is 0.0608. The number of carbonyl (C=O) groups is 2. The van der Waals surface area contributed by atoms with Gasteiger partial charge in [0.05, 0.1) is 17.7 Å². The number of amides is 2. The van der Waals surface area contributed by atoms with Crippen LogP contribution in [0.4, 0.5) is 34.3 Å². The molecule has 2 aromatic carbocycles. The maximum absolute atomic E-state index is 15.3. The Bertz CT molecular complexity index is 1440. The molecule has 38 heavy (non-hydrogen) atoms. The average molecular weight is 636 g/mol. The minimum absolute atomic E-state index is 0.0203. The molecular weight excluding hydrogens is 615 g/mol. The van der Waals surface area contributed by atoms with Gasteiger partial charge in [-0.2, -0.15) is 0 Å². The highest BCUT2D eigenvalue weighted by atomic mass is 79.9. The summed E-state index contributed by atoms with van der Waals surface area (Å²) < 4.78 is 76.9. The summed E-state index contributed by atoms with van der Waals surface area (Å²) in [5.41, 5.74) is -0.221. The summed E-state index contributed by atoms with van der Waals surface area (Å²) in [5, 5.41) is 11.0. The average Bonchev–Trinajstić information content (AvgIpc) is 3.29. The lowest BCUT2D eigenvalue weighted by Gasteiger charge is -2.26. The van der Waals surface area contributed by atoms with E-state index in [-0.39, 0.29) is 15.2 Å². The van der Waals surface area contributed by atoms with Gasteiger partial charge in [0.25, 0.3) is 10.0 Å². The van der Waals surface area contributed by atoms with Crippen molar-refractivity contribution in [2.45, 2.75) is 43.1 Å². The first-order valence-electron chi connectivity index (χ1n) is 10.7. The maximum atomic E-state index is 15.3.